The fourth-order valence-corrected chi connectivity index (χ4v) is 2.57. The van der Waals surface area contributed by atoms with E-state index in [-0.39, 0.29) is 29.8 Å². The molecule has 1 unspecified atom stereocenters. The van der Waals surface area contributed by atoms with Gasteiger partial charge in [0.2, 0.25) is 0 Å². The van der Waals surface area contributed by atoms with Crippen LogP contribution in [0.1, 0.15) is 37.7 Å². The summed E-state index contributed by atoms with van der Waals surface area (Å²) in [6.45, 7) is 2.35. The number of anilines is 2. The third-order valence-corrected chi connectivity index (χ3v) is 3.44. The van der Waals surface area contributed by atoms with Crippen molar-refractivity contribution in [1.82, 2.24) is 0 Å². The number of hydrogen-bond donors (Lipinski definition) is 2. The molecule has 100 valence electrons. The maximum Gasteiger partial charge on any atom is 0.255 e. The monoisotopic (exact) mass is 258 g/mol. The van der Waals surface area contributed by atoms with Crippen LogP contribution in [0, 0.1) is 5.82 Å². The van der Waals surface area contributed by atoms with Gasteiger partial charge in [-0.1, -0.05) is 0 Å². The number of nitrogens with one attached hydrogen (secondary N) is 1. The van der Waals surface area contributed by atoms with Crippen LogP contribution in [0.5, 0.6) is 0 Å². The SMILES string of the molecule is CCNc1ccc(N)c(C2CCCC2(F)F)c1F. The first kappa shape index (κ1) is 13.1. The Morgan fingerprint density at radius 1 is 1.44 bits per heavy atom. The van der Waals surface area contributed by atoms with Crippen LogP contribution in [0.25, 0.3) is 0 Å². The quantitative estimate of drug-likeness (QED) is 0.810. The minimum Gasteiger partial charge on any atom is -0.398 e. The van der Waals surface area contributed by atoms with Gasteiger partial charge >= 0.3 is 0 Å². The summed E-state index contributed by atoms with van der Waals surface area (Å²) in [4.78, 5) is 0. The number of halogens is 3. The summed E-state index contributed by atoms with van der Waals surface area (Å²) in [6.07, 6.45) is 0.494. The molecule has 0 spiro atoms. The average Bonchev–Trinajstić information content (AvgIpc) is 2.63. The molecule has 1 aromatic rings. The van der Waals surface area contributed by atoms with Crippen molar-refractivity contribution in [3.05, 3.63) is 23.5 Å². The van der Waals surface area contributed by atoms with Crippen LogP contribution in [0.4, 0.5) is 24.5 Å². The van der Waals surface area contributed by atoms with Crippen molar-refractivity contribution >= 4 is 11.4 Å². The largest absolute Gasteiger partial charge is 0.398 e. The fraction of sp³-hybridized carbons (Fsp3) is 0.538. The van der Waals surface area contributed by atoms with Gasteiger partial charge in [-0.3, -0.25) is 0 Å². The van der Waals surface area contributed by atoms with Crippen LogP contribution in [-0.4, -0.2) is 12.5 Å². The van der Waals surface area contributed by atoms with Crippen molar-refractivity contribution in [2.24, 2.45) is 0 Å². The van der Waals surface area contributed by atoms with E-state index in [0.29, 0.717) is 13.0 Å². The molecule has 5 heteroatoms. The van der Waals surface area contributed by atoms with Crippen LogP contribution in [0.15, 0.2) is 12.1 Å². The molecule has 0 saturated heterocycles. The zero-order valence-corrected chi connectivity index (χ0v) is 10.3. The van der Waals surface area contributed by atoms with E-state index in [0.717, 1.165) is 0 Å². The molecule has 18 heavy (non-hydrogen) atoms. The van der Waals surface area contributed by atoms with Crippen molar-refractivity contribution in [3.63, 3.8) is 0 Å². The molecule has 0 heterocycles. The summed E-state index contributed by atoms with van der Waals surface area (Å²) in [5.41, 5.74) is 6.01. The van der Waals surface area contributed by atoms with Gasteiger partial charge in [0.05, 0.1) is 11.6 Å². The molecule has 2 rings (SSSR count). The third-order valence-electron chi connectivity index (χ3n) is 3.44. The Morgan fingerprint density at radius 3 is 2.72 bits per heavy atom. The van der Waals surface area contributed by atoms with Gasteiger partial charge in [-0.2, -0.15) is 0 Å². The van der Waals surface area contributed by atoms with E-state index in [1.165, 1.54) is 12.1 Å². The Hall–Kier alpha value is -1.39. The predicted molar refractivity (Wildman–Crippen MR) is 66.5 cm³/mol. The fourth-order valence-electron chi connectivity index (χ4n) is 2.57. The van der Waals surface area contributed by atoms with Gasteiger partial charge in [0.15, 0.2) is 5.82 Å². The topological polar surface area (TPSA) is 38.0 Å². The lowest BCUT2D eigenvalue weighted by atomic mass is 9.92. The number of nitrogens with two attached hydrogens (primary N) is 1. The Balaban J connectivity index is 2.46. The van der Waals surface area contributed by atoms with Crippen molar-refractivity contribution in [2.45, 2.75) is 38.0 Å². The summed E-state index contributed by atoms with van der Waals surface area (Å²) in [6, 6.07) is 2.98. The zero-order chi connectivity index (χ0) is 13.3. The number of alkyl halides is 2. The first-order chi connectivity index (χ1) is 8.47. The molecular weight excluding hydrogens is 241 g/mol. The molecule has 1 aliphatic rings. The normalized spacial score (nSPS) is 22.1. The molecule has 1 saturated carbocycles. The van der Waals surface area contributed by atoms with Gasteiger partial charge in [0.1, 0.15) is 0 Å². The number of hydrogen-bond acceptors (Lipinski definition) is 2. The molecule has 0 bridgehead atoms. The number of benzene rings is 1. The molecular formula is C13H17F3N2. The first-order valence-electron chi connectivity index (χ1n) is 6.17. The Kier molecular flexibility index (Phi) is 3.41. The smallest absolute Gasteiger partial charge is 0.255 e. The van der Waals surface area contributed by atoms with E-state index >= 15 is 0 Å². The molecule has 3 N–H and O–H groups in total. The number of rotatable bonds is 3. The van der Waals surface area contributed by atoms with E-state index in [1.54, 1.807) is 0 Å². The summed E-state index contributed by atoms with van der Waals surface area (Å²) in [5.74, 6) is -4.60. The van der Waals surface area contributed by atoms with Gasteiger partial charge in [-0.25, -0.2) is 13.2 Å². The lowest BCUT2D eigenvalue weighted by Crippen LogP contribution is -2.22. The highest BCUT2D eigenvalue weighted by atomic mass is 19.3. The lowest BCUT2D eigenvalue weighted by molar-refractivity contribution is -0.00964. The Labute approximate surface area is 104 Å². The van der Waals surface area contributed by atoms with Crippen LogP contribution in [0.3, 0.4) is 0 Å². The molecule has 1 aliphatic carbocycles. The van der Waals surface area contributed by atoms with Gasteiger partial charge in [0.25, 0.3) is 5.92 Å². The van der Waals surface area contributed by atoms with Crippen molar-refractivity contribution in [3.8, 4) is 0 Å². The van der Waals surface area contributed by atoms with E-state index in [9.17, 15) is 13.2 Å². The summed E-state index contributed by atoms with van der Waals surface area (Å²) < 4.78 is 41.7. The molecule has 0 amide bonds. The summed E-state index contributed by atoms with van der Waals surface area (Å²) >= 11 is 0. The van der Waals surface area contributed by atoms with E-state index < -0.39 is 17.7 Å². The second-order valence-electron chi connectivity index (χ2n) is 4.67. The Morgan fingerprint density at radius 2 is 2.17 bits per heavy atom. The maximum atomic E-state index is 14.2. The van der Waals surface area contributed by atoms with E-state index in [2.05, 4.69) is 5.32 Å². The average molecular weight is 258 g/mol. The van der Waals surface area contributed by atoms with Gasteiger partial charge in [0, 0.05) is 24.2 Å². The van der Waals surface area contributed by atoms with Gasteiger partial charge in [-0.15, -0.1) is 0 Å². The zero-order valence-electron chi connectivity index (χ0n) is 10.3. The summed E-state index contributed by atoms with van der Waals surface area (Å²) in [5, 5.41) is 2.82. The first-order valence-corrected chi connectivity index (χ1v) is 6.17. The molecule has 0 aromatic heterocycles. The van der Waals surface area contributed by atoms with Crippen molar-refractivity contribution in [2.75, 3.05) is 17.6 Å². The van der Waals surface area contributed by atoms with Crippen LogP contribution >= 0.6 is 0 Å². The minimum atomic E-state index is -2.86. The predicted octanol–water partition coefficient (Wildman–Crippen LogP) is 3.74. The molecule has 0 aliphatic heterocycles. The van der Waals surface area contributed by atoms with E-state index in [4.69, 9.17) is 5.73 Å². The minimum absolute atomic E-state index is 0.0315. The molecule has 0 radical (unpaired) electrons. The van der Waals surface area contributed by atoms with Crippen molar-refractivity contribution < 1.29 is 13.2 Å². The second-order valence-corrected chi connectivity index (χ2v) is 4.67. The Bertz CT molecular complexity index is 446. The highest BCUT2D eigenvalue weighted by Crippen LogP contribution is 2.49. The highest BCUT2D eigenvalue weighted by molar-refractivity contribution is 5.60. The standard InChI is InChI=1S/C13H17F3N2/c1-2-18-10-6-5-9(17)11(12(10)14)8-4-3-7-13(8,15)16/h5-6,8,18H,2-4,7,17H2,1H3. The molecule has 1 fully saturated rings. The number of nitrogen functional groups attached to an aromatic ring is 1. The van der Waals surface area contributed by atoms with Crippen LogP contribution in [-0.2, 0) is 0 Å². The second kappa shape index (κ2) is 4.71. The molecule has 1 atom stereocenters. The van der Waals surface area contributed by atoms with E-state index in [1.807, 2.05) is 6.92 Å². The van der Waals surface area contributed by atoms with Crippen LogP contribution < -0.4 is 11.1 Å². The molecule has 2 nitrogen and oxygen atoms in total. The lowest BCUT2D eigenvalue weighted by Gasteiger charge is -2.22. The van der Waals surface area contributed by atoms with Crippen LogP contribution in [0.2, 0.25) is 0 Å². The van der Waals surface area contributed by atoms with Gasteiger partial charge < -0.3 is 11.1 Å². The highest BCUT2D eigenvalue weighted by Gasteiger charge is 2.46. The van der Waals surface area contributed by atoms with Gasteiger partial charge in [-0.05, 0) is 31.9 Å². The van der Waals surface area contributed by atoms with Crippen molar-refractivity contribution in [1.29, 1.82) is 0 Å². The maximum absolute atomic E-state index is 14.2. The third kappa shape index (κ3) is 2.13. The molecule has 1 aromatic carbocycles. The summed E-state index contributed by atoms with van der Waals surface area (Å²) in [7, 11) is 0.